The highest BCUT2D eigenvalue weighted by Gasteiger charge is 2.50. The van der Waals surface area contributed by atoms with E-state index in [-0.39, 0.29) is 40.3 Å². The van der Waals surface area contributed by atoms with E-state index in [2.05, 4.69) is 0 Å². The Hall–Kier alpha value is -3.35. The molecule has 5 N–H and O–H groups in total. The normalized spacial score (nSPS) is 29.8. The maximum atomic E-state index is 13.7. The summed E-state index contributed by atoms with van der Waals surface area (Å²) in [6, 6.07) is 4.40. The summed E-state index contributed by atoms with van der Waals surface area (Å²) in [5, 5.41) is 53.9. The van der Waals surface area contributed by atoms with Crippen LogP contribution < -0.4 is 4.74 Å². The number of ketones is 3. The molecule has 1 saturated heterocycles. The molecule has 11 nitrogen and oxygen atoms in total. The summed E-state index contributed by atoms with van der Waals surface area (Å²) in [6.07, 6.45) is -4.31. The Balaban J connectivity index is 1.69. The van der Waals surface area contributed by atoms with Gasteiger partial charge >= 0.3 is 0 Å². The Morgan fingerprint density at radius 1 is 1.10 bits per heavy atom. The lowest BCUT2D eigenvalue weighted by molar-refractivity contribution is -0.255. The second-order valence-corrected chi connectivity index (χ2v) is 10.5. The van der Waals surface area contributed by atoms with Crippen LogP contribution in [0.3, 0.4) is 0 Å². The van der Waals surface area contributed by atoms with Crippen molar-refractivity contribution in [1.82, 2.24) is 0 Å². The molecule has 2 aromatic carbocycles. The molecule has 0 bridgehead atoms. The highest BCUT2D eigenvalue weighted by molar-refractivity contribution is 6.31. The first-order valence-electron chi connectivity index (χ1n) is 12.7. The van der Waals surface area contributed by atoms with Crippen LogP contribution in [0.1, 0.15) is 75.8 Å². The number of benzene rings is 2. The van der Waals surface area contributed by atoms with Crippen LogP contribution in [-0.2, 0) is 20.7 Å². The predicted octanol–water partition coefficient (Wildman–Crippen LogP) is 1.31. The number of carbonyl (C=O) groups is 3. The van der Waals surface area contributed by atoms with Gasteiger partial charge in [0.05, 0.1) is 42.1 Å². The molecule has 1 unspecified atom stereocenters. The van der Waals surface area contributed by atoms with E-state index < -0.39 is 89.6 Å². The second-order valence-electron chi connectivity index (χ2n) is 10.5. The topological polar surface area (TPSA) is 180 Å². The van der Waals surface area contributed by atoms with E-state index in [1.165, 1.54) is 25.3 Å². The van der Waals surface area contributed by atoms with E-state index in [1.54, 1.807) is 13.8 Å². The van der Waals surface area contributed by atoms with Crippen LogP contribution in [0, 0.1) is 5.92 Å². The zero-order valence-electron chi connectivity index (χ0n) is 21.6. The predicted molar refractivity (Wildman–Crippen MR) is 133 cm³/mol. The van der Waals surface area contributed by atoms with E-state index in [1.807, 2.05) is 0 Å². The molecule has 1 heterocycles. The number of phenolic OH excluding ortho intramolecular Hbond substituents is 2. The van der Waals surface area contributed by atoms with E-state index in [4.69, 9.17) is 14.2 Å². The molecule has 3 aliphatic rings. The summed E-state index contributed by atoms with van der Waals surface area (Å²) in [7, 11) is 1.33. The Morgan fingerprint density at radius 3 is 2.44 bits per heavy atom. The standard InChI is InChI=1S/C28H30O11/c1-11-7-18(38-12(2)23(11)31)39-16-9-28(36,17(30)10-29)8-14-20(16)27(35)22-21(25(14)33)24(32)13-5-4-6-15(37-3)19(13)26(22)34/h4-6,11-12,16,18,23,29,31,33,35-36H,7-10H2,1-3H3/t11-,12-,16?,18-,23-,28-/m0/s1. The number of phenols is 2. The number of aromatic hydroxyl groups is 2. The smallest absolute Gasteiger partial charge is 0.202 e. The van der Waals surface area contributed by atoms with Crippen LogP contribution >= 0.6 is 0 Å². The Kier molecular flexibility index (Phi) is 6.76. The van der Waals surface area contributed by atoms with E-state index >= 15 is 0 Å². The van der Waals surface area contributed by atoms with Crippen LogP contribution in [0.25, 0.3) is 0 Å². The van der Waals surface area contributed by atoms with Crippen molar-refractivity contribution in [2.45, 2.75) is 63.3 Å². The minimum atomic E-state index is -2.21. The van der Waals surface area contributed by atoms with Gasteiger partial charge in [-0.25, -0.2) is 0 Å². The van der Waals surface area contributed by atoms with Gasteiger partial charge in [0.25, 0.3) is 0 Å². The number of Topliss-reactive ketones (excluding diaryl/α,β-unsaturated/α-hetero) is 1. The fourth-order valence-electron chi connectivity index (χ4n) is 5.95. The third-order valence-corrected chi connectivity index (χ3v) is 8.05. The Morgan fingerprint density at radius 2 is 1.79 bits per heavy atom. The SMILES string of the molecule is COc1cccc2c1C(=O)c1c(O)c3c(c(O)c1C2=O)C[C@@](O)(C(=O)CO)CC3O[C@H]1C[C@H](C)[C@H](O)[C@H](C)O1. The fourth-order valence-corrected chi connectivity index (χ4v) is 5.95. The van der Waals surface area contributed by atoms with Gasteiger partial charge in [-0.3, -0.25) is 14.4 Å². The Bertz CT molecular complexity index is 1370. The maximum Gasteiger partial charge on any atom is 0.202 e. The molecule has 2 aliphatic carbocycles. The number of hydrogen-bond acceptors (Lipinski definition) is 11. The molecule has 5 rings (SSSR count). The number of aliphatic hydroxyl groups is 3. The van der Waals surface area contributed by atoms with Crippen molar-refractivity contribution in [2.75, 3.05) is 13.7 Å². The average Bonchev–Trinajstić information content (AvgIpc) is 2.90. The van der Waals surface area contributed by atoms with Gasteiger partial charge in [0.1, 0.15) is 29.5 Å². The molecule has 2 aromatic rings. The highest BCUT2D eigenvalue weighted by Crippen LogP contribution is 2.52. The zero-order chi connectivity index (χ0) is 28.4. The first-order chi connectivity index (χ1) is 18.4. The largest absolute Gasteiger partial charge is 0.507 e. The molecule has 0 aromatic heterocycles. The maximum absolute atomic E-state index is 13.7. The van der Waals surface area contributed by atoms with Gasteiger partial charge < -0.3 is 39.7 Å². The summed E-state index contributed by atoms with van der Waals surface area (Å²) in [5.41, 5.74) is -3.45. The second kappa shape index (κ2) is 9.68. The van der Waals surface area contributed by atoms with Crippen molar-refractivity contribution in [3.8, 4) is 17.2 Å². The van der Waals surface area contributed by atoms with E-state index in [9.17, 15) is 39.9 Å². The van der Waals surface area contributed by atoms with Crippen molar-refractivity contribution in [1.29, 1.82) is 0 Å². The van der Waals surface area contributed by atoms with Crippen LogP contribution in [0.4, 0.5) is 0 Å². The van der Waals surface area contributed by atoms with Crippen LogP contribution in [0.2, 0.25) is 0 Å². The van der Waals surface area contributed by atoms with Crippen LogP contribution in [0.5, 0.6) is 17.2 Å². The molecular weight excluding hydrogens is 512 g/mol. The number of fused-ring (bicyclic) bond motifs is 3. The average molecular weight is 543 g/mol. The summed E-state index contributed by atoms with van der Waals surface area (Å²) in [5.74, 6) is -3.87. The Labute approximate surface area is 223 Å². The number of ether oxygens (including phenoxy) is 3. The van der Waals surface area contributed by atoms with Gasteiger partial charge in [-0.15, -0.1) is 0 Å². The van der Waals surface area contributed by atoms with E-state index in [0.717, 1.165) is 0 Å². The lowest BCUT2D eigenvalue weighted by Gasteiger charge is -2.42. The lowest BCUT2D eigenvalue weighted by atomic mass is 9.72. The van der Waals surface area contributed by atoms with Crippen LogP contribution in [-0.4, -0.2) is 80.7 Å². The molecule has 0 radical (unpaired) electrons. The van der Waals surface area contributed by atoms with Gasteiger partial charge in [0.2, 0.25) is 5.78 Å². The van der Waals surface area contributed by atoms with Gasteiger partial charge in [-0.1, -0.05) is 19.1 Å². The molecule has 208 valence electrons. The van der Waals surface area contributed by atoms with Gasteiger partial charge in [-0.05, 0) is 18.9 Å². The van der Waals surface area contributed by atoms with Crippen molar-refractivity contribution < 1.29 is 54.1 Å². The van der Waals surface area contributed by atoms with Crippen molar-refractivity contribution in [3.05, 3.63) is 51.6 Å². The molecule has 1 aliphatic heterocycles. The zero-order valence-corrected chi connectivity index (χ0v) is 21.6. The van der Waals surface area contributed by atoms with Crippen molar-refractivity contribution >= 4 is 17.3 Å². The molecule has 1 fully saturated rings. The summed E-state index contributed by atoms with van der Waals surface area (Å²) in [4.78, 5) is 39.8. The summed E-state index contributed by atoms with van der Waals surface area (Å²) in [6.45, 7) is 2.46. The number of aliphatic hydroxyl groups excluding tert-OH is 2. The first-order valence-corrected chi connectivity index (χ1v) is 12.7. The number of rotatable bonds is 5. The molecule has 0 spiro atoms. The monoisotopic (exact) mass is 542 g/mol. The van der Waals surface area contributed by atoms with Gasteiger partial charge in [-0.2, -0.15) is 0 Å². The molecule has 11 heteroatoms. The molecule has 39 heavy (non-hydrogen) atoms. The summed E-state index contributed by atoms with van der Waals surface area (Å²) >= 11 is 0. The molecule has 0 amide bonds. The van der Waals surface area contributed by atoms with Gasteiger partial charge in [0.15, 0.2) is 17.9 Å². The third kappa shape index (κ3) is 4.12. The minimum Gasteiger partial charge on any atom is -0.507 e. The molecular formula is C28H30O11. The van der Waals surface area contributed by atoms with Crippen molar-refractivity contribution in [2.24, 2.45) is 5.92 Å². The number of carbonyl (C=O) groups excluding carboxylic acids is 3. The number of methoxy groups -OCH3 is 1. The van der Waals surface area contributed by atoms with Crippen LogP contribution in [0.15, 0.2) is 18.2 Å². The quantitative estimate of drug-likeness (QED) is 0.293. The van der Waals surface area contributed by atoms with E-state index in [0.29, 0.717) is 0 Å². The van der Waals surface area contributed by atoms with Crippen molar-refractivity contribution in [3.63, 3.8) is 0 Å². The molecule has 0 saturated carbocycles. The number of hydrogen-bond donors (Lipinski definition) is 5. The van der Waals surface area contributed by atoms with Gasteiger partial charge in [0, 0.05) is 36.0 Å². The summed E-state index contributed by atoms with van der Waals surface area (Å²) < 4.78 is 17.2. The fraction of sp³-hybridized carbons (Fsp3) is 0.464. The molecule has 6 atom stereocenters. The third-order valence-electron chi connectivity index (χ3n) is 8.05. The minimum absolute atomic E-state index is 0.0380. The highest BCUT2D eigenvalue weighted by atomic mass is 16.7. The lowest BCUT2D eigenvalue weighted by Crippen LogP contribution is -2.49. The first kappa shape index (κ1) is 27.2.